The molecule has 1 aromatic heterocycles. The van der Waals surface area contributed by atoms with Gasteiger partial charge in [-0.15, -0.1) is 0 Å². The highest BCUT2D eigenvalue weighted by Gasteiger charge is 2.48. The summed E-state index contributed by atoms with van der Waals surface area (Å²) in [5, 5.41) is 11.8. The summed E-state index contributed by atoms with van der Waals surface area (Å²) in [6, 6.07) is 19.4. The van der Waals surface area contributed by atoms with Gasteiger partial charge >= 0.3 is 5.91 Å². The van der Waals surface area contributed by atoms with Crippen LogP contribution in [0.15, 0.2) is 76.8 Å². The van der Waals surface area contributed by atoms with Crippen molar-refractivity contribution in [2.24, 2.45) is 0 Å². The molecule has 8 heteroatoms. The Hall–Kier alpha value is -3.49. The second-order valence-corrected chi connectivity index (χ2v) is 10.8. The Balaban J connectivity index is 1.64. The fourth-order valence-electron chi connectivity index (χ4n) is 4.34. The quantitative estimate of drug-likeness (QED) is 0.109. The summed E-state index contributed by atoms with van der Waals surface area (Å²) in [7, 11) is 0. The van der Waals surface area contributed by atoms with Crippen LogP contribution in [0.4, 0.5) is 5.13 Å². The minimum absolute atomic E-state index is 0.0217. The molecule has 6 nitrogen and oxygen atoms in total. The molecule has 0 saturated carbocycles. The van der Waals surface area contributed by atoms with Crippen LogP contribution in [-0.4, -0.2) is 28.4 Å². The van der Waals surface area contributed by atoms with E-state index < -0.39 is 17.7 Å². The maximum Gasteiger partial charge on any atom is 0.301 e. The number of hydrogen-bond donors (Lipinski definition) is 1. The molecule has 0 spiro atoms. The average molecular weight is 578 g/mol. The molecule has 1 amide bonds. The fourth-order valence-corrected chi connectivity index (χ4v) is 5.69. The van der Waals surface area contributed by atoms with Gasteiger partial charge in [-0.3, -0.25) is 14.5 Å². The molecule has 5 rings (SSSR count). The first-order chi connectivity index (χ1) is 17.9. The van der Waals surface area contributed by atoms with Crippen molar-refractivity contribution in [1.82, 2.24) is 4.98 Å². The number of aryl methyl sites for hydroxylation is 1. The molecule has 1 atom stereocenters. The molecular weight excluding hydrogens is 552 g/mol. The number of thiazole rings is 1. The molecule has 1 N–H and O–H groups in total. The number of halogens is 1. The Labute approximate surface area is 227 Å². The van der Waals surface area contributed by atoms with Gasteiger partial charge in [0, 0.05) is 10.0 Å². The summed E-state index contributed by atoms with van der Waals surface area (Å²) in [6.45, 7) is 4.63. The first-order valence-corrected chi connectivity index (χ1v) is 13.6. The van der Waals surface area contributed by atoms with Crippen LogP contribution in [0.3, 0.4) is 0 Å². The number of anilines is 1. The van der Waals surface area contributed by atoms with Crippen molar-refractivity contribution in [2.45, 2.75) is 32.7 Å². The van der Waals surface area contributed by atoms with Crippen molar-refractivity contribution in [3.8, 4) is 5.75 Å². The van der Waals surface area contributed by atoms with Crippen LogP contribution in [0.5, 0.6) is 5.75 Å². The van der Waals surface area contributed by atoms with E-state index in [0.29, 0.717) is 28.6 Å². The van der Waals surface area contributed by atoms with E-state index in [2.05, 4.69) is 27.8 Å². The van der Waals surface area contributed by atoms with E-state index in [1.165, 1.54) is 16.2 Å². The number of Topliss-reactive ketones (excluding diaryl/α,β-unsaturated/α-hetero) is 1. The maximum absolute atomic E-state index is 13.5. The molecule has 2 heterocycles. The van der Waals surface area contributed by atoms with Crippen LogP contribution in [0.2, 0.25) is 0 Å². The van der Waals surface area contributed by atoms with E-state index in [1.54, 1.807) is 24.3 Å². The molecular formula is C29H25BrN2O4S. The third-order valence-electron chi connectivity index (χ3n) is 6.24. The molecule has 1 aliphatic rings. The van der Waals surface area contributed by atoms with Gasteiger partial charge in [-0.25, -0.2) is 4.98 Å². The highest BCUT2D eigenvalue weighted by molar-refractivity contribution is 9.10. The molecule has 0 bridgehead atoms. The van der Waals surface area contributed by atoms with Crippen molar-refractivity contribution >= 4 is 60.1 Å². The third kappa shape index (κ3) is 4.91. The van der Waals surface area contributed by atoms with Crippen LogP contribution in [0, 0.1) is 6.92 Å². The van der Waals surface area contributed by atoms with Crippen molar-refractivity contribution in [1.29, 1.82) is 0 Å². The number of aliphatic hydroxyl groups is 1. The van der Waals surface area contributed by atoms with Gasteiger partial charge in [-0.05, 0) is 60.9 Å². The molecule has 1 saturated heterocycles. The van der Waals surface area contributed by atoms with Crippen LogP contribution in [0.1, 0.15) is 42.5 Å². The number of ether oxygens (including phenoxy) is 1. The van der Waals surface area contributed by atoms with E-state index in [1.807, 2.05) is 49.4 Å². The van der Waals surface area contributed by atoms with Crippen LogP contribution < -0.4 is 9.64 Å². The molecule has 37 heavy (non-hydrogen) atoms. The first-order valence-electron chi connectivity index (χ1n) is 12.0. The minimum Gasteiger partial charge on any atom is -0.507 e. The minimum atomic E-state index is -0.834. The Kier molecular flexibility index (Phi) is 7.13. The third-order valence-corrected chi connectivity index (χ3v) is 7.79. The number of rotatable bonds is 7. The number of carbonyl (C=O) groups is 2. The predicted octanol–water partition coefficient (Wildman–Crippen LogP) is 7.17. The summed E-state index contributed by atoms with van der Waals surface area (Å²) in [5.74, 6) is -1.13. The van der Waals surface area contributed by atoms with Gasteiger partial charge in [0.15, 0.2) is 5.13 Å². The summed E-state index contributed by atoms with van der Waals surface area (Å²) in [6.07, 6.45) is 1.91. The number of hydrogen-bond acceptors (Lipinski definition) is 6. The Morgan fingerprint density at radius 2 is 1.89 bits per heavy atom. The fraction of sp³-hybridized carbons (Fsp3) is 0.207. The Morgan fingerprint density at radius 1 is 1.11 bits per heavy atom. The second kappa shape index (κ2) is 10.5. The second-order valence-electron chi connectivity index (χ2n) is 8.92. The van der Waals surface area contributed by atoms with Gasteiger partial charge in [0.2, 0.25) is 0 Å². The van der Waals surface area contributed by atoms with Gasteiger partial charge in [0.25, 0.3) is 5.78 Å². The number of nitrogens with zero attached hydrogens (tertiary/aromatic N) is 2. The molecule has 0 aliphatic carbocycles. The smallest absolute Gasteiger partial charge is 0.301 e. The molecule has 3 aromatic carbocycles. The molecule has 1 unspecified atom stereocenters. The largest absolute Gasteiger partial charge is 0.507 e. The standard InChI is InChI=1S/C29H25BrN2O4S/c1-3-4-14-36-21-7-5-6-19(16-21)26(33)24-25(18-9-11-20(30)12-10-18)32(28(35)27(24)34)29-31-22-13-8-17(2)15-23(22)37-29/h5-13,15-16,25,33H,3-4,14H2,1-2H3. The Morgan fingerprint density at radius 3 is 2.65 bits per heavy atom. The summed E-state index contributed by atoms with van der Waals surface area (Å²) in [5.41, 5.74) is 2.95. The normalized spacial score (nSPS) is 17.1. The average Bonchev–Trinajstić information content (AvgIpc) is 3.42. The molecule has 1 fully saturated rings. The van der Waals surface area contributed by atoms with Crippen molar-refractivity contribution in [3.05, 3.63) is 93.5 Å². The predicted molar refractivity (Wildman–Crippen MR) is 150 cm³/mol. The Bertz CT molecular complexity index is 1530. The number of unbranched alkanes of at least 4 members (excludes halogenated alkanes) is 1. The van der Waals surface area contributed by atoms with Crippen LogP contribution in [0.25, 0.3) is 16.0 Å². The number of fused-ring (bicyclic) bond motifs is 1. The molecule has 4 aromatic rings. The monoisotopic (exact) mass is 576 g/mol. The number of carbonyl (C=O) groups excluding carboxylic acids is 2. The number of amides is 1. The van der Waals surface area contributed by atoms with Crippen LogP contribution >= 0.6 is 27.3 Å². The van der Waals surface area contributed by atoms with E-state index in [4.69, 9.17) is 4.74 Å². The zero-order valence-electron chi connectivity index (χ0n) is 20.4. The zero-order valence-corrected chi connectivity index (χ0v) is 22.8. The van der Waals surface area contributed by atoms with Gasteiger partial charge < -0.3 is 9.84 Å². The number of aliphatic hydroxyl groups excluding tert-OH is 1. The van der Waals surface area contributed by atoms with Gasteiger partial charge in [-0.1, -0.05) is 70.9 Å². The van der Waals surface area contributed by atoms with Gasteiger partial charge in [-0.2, -0.15) is 0 Å². The van der Waals surface area contributed by atoms with Gasteiger partial charge in [0.05, 0.1) is 28.4 Å². The van der Waals surface area contributed by atoms with Crippen molar-refractivity contribution < 1.29 is 19.4 Å². The summed E-state index contributed by atoms with van der Waals surface area (Å²) in [4.78, 5) is 33.0. The highest BCUT2D eigenvalue weighted by atomic mass is 79.9. The lowest BCUT2D eigenvalue weighted by molar-refractivity contribution is -0.132. The van der Waals surface area contributed by atoms with Crippen LogP contribution in [-0.2, 0) is 9.59 Å². The number of benzene rings is 3. The van der Waals surface area contributed by atoms with E-state index >= 15 is 0 Å². The number of ketones is 1. The van der Waals surface area contributed by atoms with Gasteiger partial charge in [0.1, 0.15) is 11.5 Å². The van der Waals surface area contributed by atoms with Crippen molar-refractivity contribution in [3.63, 3.8) is 0 Å². The zero-order chi connectivity index (χ0) is 26.1. The first kappa shape index (κ1) is 25.2. The summed E-state index contributed by atoms with van der Waals surface area (Å²) < 4.78 is 7.58. The highest BCUT2D eigenvalue weighted by Crippen LogP contribution is 2.44. The lowest BCUT2D eigenvalue weighted by Crippen LogP contribution is -2.29. The van der Waals surface area contributed by atoms with E-state index in [9.17, 15) is 14.7 Å². The molecule has 1 aliphatic heterocycles. The van der Waals surface area contributed by atoms with E-state index in [0.717, 1.165) is 33.1 Å². The van der Waals surface area contributed by atoms with Crippen molar-refractivity contribution in [2.75, 3.05) is 11.5 Å². The number of aromatic nitrogens is 1. The SMILES string of the molecule is CCCCOc1cccc(C(O)=C2C(=O)C(=O)N(c3nc4ccc(C)cc4s3)C2c2ccc(Br)cc2)c1. The molecule has 0 radical (unpaired) electrons. The lowest BCUT2D eigenvalue weighted by Gasteiger charge is -2.23. The topological polar surface area (TPSA) is 79.7 Å². The summed E-state index contributed by atoms with van der Waals surface area (Å²) >= 11 is 4.80. The molecule has 188 valence electrons. The lowest BCUT2D eigenvalue weighted by atomic mass is 9.95. The van der Waals surface area contributed by atoms with E-state index in [-0.39, 0.29) is 11.3 Å². The maximum atomic E-state index is 13.5.